The number of aromatic nitrogens is 3. The molecule has 35 heavy (non-hydrogen) atoms. The first-order valence-corrected chi connectivity index (χ1v) is 11.5. The lowest BCUT2D eigenvalue weighted by Crippen LogP contribution is -2.33. The van der Waals surface area contributed by atoms with Gasteiger partial charge >= 0.3 is 0 Å². The minimum Gasteiger partial charge on any atom is -0.489 e. The Labute approximate surface area is 207 Å². The van der Waals surface area contributed by atoms with Crippen LogP contribution in [0, 0.1) is 0 Å². The summed E-state index contributed by atoms with van der Waals surface area (Å²) in [5, 5.41) is 7.69. The van der Waals surface area contributed by atoms with Gasteiger partial charge in [-0.25, -0.2) is 0 Å². The molecule has 2 aromatic heterocycles. The minimum absolute atomic E-state index is 0.0418. The molecule has 2 heterocycles. The number of amides is 1. The van der Waals surface area contributed by atoms with Gasteiger partial charge < -0.3 is 20.4 Å². The molecule has 2 aromatic carbocycles. The fourth-order valence-corrected chi connectivity index (χ4v) is 3.74. The van der Waals surface area contributed by atoms with E-state index in [9.17, 15) is 9.59 Å². The highest BCUT2D eigenvalue weighted by molar-refractivity contribution is 6.30. The van der Waals surface area contributed by atoms with Gasteiger partial charge in [-0.15, -0.1) is 0 Å². The van der Waals surface area contributed by atoms with Gasteiger partial charge in [0, 0.05) is 23.5 Å². The number of hydrogen-bond acceptors (Lipinski definition) is 5. The lowest BCUT2D eigenvalue weighted by atomic mass is 10.1. The van der Waals surface area contributed by atoms with E-state index in [1.54, 1.807) is 52.0 Å². The second-order valence-electron chi connectivity index (χ2n) is 8.20. The summed E-state index contributed by atoms with van der Waals surface area (Å²) in [5.74, 6) is 0.471. The average molecular weight is 492 g/mol. The number of carbonyl (C=O) groups excluding carboxylic acids is 1. The molecule has 0 aliphatic rings. The van der Waals surface area contributed by atoms with E-state index >= 15 is 0 Å². The largest absolute Gasteiger partial charge is 0.489 e. The number of nitrogens with one attached hydrogen (secondary N) is 1. The molecule has 0 unspecified atom stereocenters. The number of ether oxygens (including phenoxy) is 1. The Kier molecular flexibility index (Phi) is 7.52. The molecule has 0 aliphatic heterocycles. The molecule has 0 fully saturated rings. The maximum atomic E-state index is 12.6. The molecule has 4 aromatic rings. The molecule has 1 atom stereocenters. The summed E-state index contributed by atoms with van der Waals surface area (Å²) in [7, 11) is 0. The van der Waals surface area contributed by atoms with Crippen LogP contribution < -0.4 is 21.3 Å². The van der Waals surface area contributed by atoms with Crippen molar-refractivity contribution in [1.82, 2.24) is 19.7 Å². The number of carbonyl (C=O) groups is 1. The number of benzene rings is 2. The Morgan fingerprint density at radius 2 is 1.83 bits per heavy atom. The highest BCUT2D eigenvalue weighted by atomic mass is 35.5. The van der Waals surface area contributed by atoms with Crippen molar-refractivity contribution in [3.63, 3.8) is 0 Å². The predicted molar refractivity (Wildman–Crippen MR) is 136 cm³/mol. The van der Waals surface area contributed by atoms with Gasteiger partial charge in [0.15, 0.2) is 5.82 Å². The number of nitrogen functional groups attached to an aromatic ring is 1. The first-order valence-electron chi connectivity index (χ1n) is 11.1. The first kappa shape index (κ1) is 24.1. The number of nitrogens with zero attached hydrogens (tertiary/aromatic N) is 3. The highest BCUT2D eigenvalue weighted by Gasteiger charge is 2.16. The third-order valence-electron chi connectivity index (χ3n) is 5.34. The molecule has 9 heteroatoms. The highest BCUT2D eigenvalue weighted by Crippen LogP contribution is 2.18. The topological polar surface area (TPSA) is 104 Å². The summed E-state index contributed by atoms with van der Waals surface area (Å²) >= 11 is 5.97. The van der Waals surface area contributed by atoms with Crippen LogP contribution in [0.2, 0.25) is 5.02 Å². The number of rotatable bonds is 9. The fourth-order valence-electron chi connectivity index (χ4n) is 3.56. The Balaban J connectivity index is 1.32. The molecule has 0 saturated heterocycles. The van der Waals surface area contributed by atoms with Crippen LogP contribution in [0.25, 0.3) is 0 Å². The van der Waals surface area contributed by atoms with Gasteiger partial charge in [-0.05, 0) is 42.3 Å². The lowest BCUT2D eigenvalue weighted by molar-refractivity contribution is 0.0933. The van der Waals surface area contributed by atoms with E-state index in [0.717, 1.165) is 11.1 Å². The maximum Gasteiger partial charge on any atom is 0.256 e. The van der Waals surface area contributed by atoms with Crippen molar-refractivity contribution in [2.75, 3.05) is 12.3 Å². The maximum absolute atomic E-state index is 12.6. The molecule has 0 bridgehead atoms. The summed E-state index contributed by atoms with van der Waals surface area (Å²) < 4.78 is 9.06. The summed E-state index contributed by atoms with van der Waals surface area (Å²) in [6.07, 6.45) is 3.13. The number of nitrogens with two attached hydrogens (primary N) is 1. The van der Waals surface area contributed by atoms with E-state index in [4.69, 9.17) is 22.1 Å². The minimum atomic E-state index is -0.320. The third-order valence-corrected chi connectivity index (χ3v) is 5.57. The van der Waals surface area contributed by atoms with Crippen molar-refractivity contribution in [2.45, 2.75) is 26.1 Å². The van der Waals surface area contributed by atoms with Crippen LogP contribution >= 0.6 is 11.6 Å². The van der Waals surface area contributed by atoms with Crippen molar-refractivity contribution in [2.24, 2.45) is 0 Å². The summed E-state index contributed by atoms with van der Waals surface area (Å²) in [6, 6.07) is 20.1. The van der Waals surface area contributed by atoms with Gasteiger partial charge in [0.2, 0.25) is 0 Å². The van der Waals surface area contributed by atoms with Crippen LogP contribution in [0.3, 0.4) is 0 Å². The number of pyridine rings is 1. The molecule has 0 aliphatic carbocycles. The van der Waals surface area contributed by atoms with Gasteiger partial charge in [-0.3, -0.25) is 14.3 Å². The van der Waals surface area contributed by atoms with Crippen LogP contribution in [0.4, 0.5) is 5.82 Å². The van der Waals surface area contributed by atoms with E-state index in [1.807, 2.05) is 37.3 Å². The first-order chi connectivity index (χ1) is 16.9. The number of anilines is 1. The predicted octanol–water partition coefficient (Wildman–Crippen LogP) is 3.57. The number of halogens is 1. The van der Waals surface area contributed by atoms with Crippen molar-refractivity contribution < 1.29 is 9.53 Å². The summed E-state index contributed by atoms with van der Waals surface area (Å²) in [4.78, 5) is 24.5. The van der Waals surface area contributed by atoms with Crippen molar-refractivity contribution in [3.8, 4) is 5.75 Å². The van der Waals surface area contributed by atoms with Crippen LogP contribution in [0.15, 0.2) is 83.9 Å². The van der Waals surface area contributed by atoms with Gasteiger partial charge in [-0.1, -0.05) is 48.0 Å². The molecule has 180 valence electrons. The molecular weight excluding hydrogens is 466 g/mol. The molecule has 1 amide bonds. The lowest BCUT2D eigenvalue weighted by Gasteiger charge is -2.15. The second kappa shape index (κ2) is 10.9. The third kappa shape index (κ3) is 6.51. The van der Waals surface area contributed by atoms with Crippen molar-refractivity contribution >= 4 is 23.3 Å². The van der Waals surface area contributed by atoms with Crippen LogP contribution in [0.1, 0.15) is 28.4 Å². The van der Waals surface area contributed by atoms with Crippen LogP contribution in [0.5, 0.6) is 5.75 Å². The van der Waals surface area contributed by atoms with Crippen molar-refractivity contribution in [3.05, 3.63) is 111 Å². The van der Waals surface area contributed by atoms with E-state index < -0.39 is 0 Å². The van der Waals surface area contributed by atoms with Crippen molar-refractivity contribution in [1.29, 1.82) is 0 Å². The van der Waals surface area contributed by atoms with Gasteiger partial charge in [0.1, 0.15) is 17.4 Å². The molecule has 0 radical (unpaired) electrons. The Morgan fingerprint density at radius 3 is 2.54 bits per heavy atom. The molecule has 0 spiro atoms. The fraction of sp³-hybridized carbons (Fsp3) is 0.192. The molecule has 8 nitrogen and oxygen atoms in total. The van der Waals surface area contributed by atoms with E-state index in [-0.39, 0.29) is 23.4 Å². The van der Waals surface area contributed by atoms with E-state index in [1.165, 1.54) is 6.07 Å². The Morgan fingerprint density at radius 1 is 1.09 bits per heavy atom. The summed E-state index contributed by atoms with van der Waals surface area (Å²) in [6.45, 7) is 3.10. The second-order valence-corrected chi connectivity index (χ2v) is 8.64. The van der Waals surface area contributed by atoms with Crippen LogP contribution in [-0.4, -0.2) is 32.9 Å². The molecule has 0 saturated carbocycles. The Bertz CT molecular complexity index is 1360. The van der Waals surface area contributed by atoms with Gasteiger partial charge in [0.25, 0.3) is 11.5 Å². The van der Waals surface area contributed by atoms with E-state index in [2.05, 4.69) is 10.4 Å². The van der Waals surface area contributed by atoms with Gasteiger partial charge in [-0.2, -0.15) is 5.10 Å². The Hall–Kier alpha value is -4.04. The smallest absolute Gasteiger partial charge is 0.256 e. The van der Waals surface area contributed by atoms with E-state index in [0.29, 0.717) is 36.0 Å². The zero-order valence-corrected chi connectivity index (χ0v) is 20.0. The monoisotopic (exact) mass is 491 g/mol. The normalized spacial score (nSPS) is 11.7. The zero-order valence-electron chi connectivity index (χ0n) is 19.2. The van der Waals surface area contributed by atoms with Crippen LogP contribution in [-0.2, 0) is 13.1 Å². The average Bonchev–Trinajstić information content (AvgIpc) is 3.20. The SMILES string of the molecule is C[C@H](CNC(=O)c1cn(Cc2ccc(Cn3ccccc3=O)cc2)nc1N)Oc1cccc(Cl)c1. The molecule has 4 rings (SSSR count). The quantitative estimate of drug-likeness (QED) is 0.372. The molecular formula is C26H26ClN5O3. The summed E-state index contributed by atoms with van der Waals surface area (Å²) in [5.41, 5.74) is 8.26. The molecule has 3 N–H and O–H groups in total. The van der Waals surface area contributed by atoms with Gasteiger partial charge in [0.05, 0.1) is 19.6 Å². The zero-order chi connectivity index (χ0) is 24.8. The standard InChI is InChI=1S/C26H26ClN5O3/c1-18(35-22-6-4-5-21(27)13-22)14-29-26(34)23-17-32(30-25(23)28)16-20-10-8-19(9-11-20)15-31-12-3-2-7-24(31)33/h2-13,17-18H,14-16H2,1H3,(H2,28,30)(H,29,34)/t18-/m1/s1. The number of hydrogen-bond donors (Lipinski definition) is 2.